The second kappa shape index (κ2) is 6.62. The summed E-state index contributed by atoms with van der Waals surface area (Å²) in [7, 11) is 0. The van der Waals surface area contributed by atoms with Crippen LogP contribution in [0.4, 0.5) is 5.69 Å². The molecule has 0 atom stereocenters. The fraction of sp³-hybridized carbons (Fsp3) is 0. The van der Waals surface area contributed by atoms with Crippen LogP contribution in [0, 0.1) is 10.1 Å². The van der Waals surface area contributed by atoms with Crippen molar-refractivity contribution in [2.24, 2.45) is 5.10 Å². The third-order valence-electron chi connectivity index (χ3n) is 2.55. The maximum Gasteiger partial charge on any atom is 0.271 e. The number of amides is 1. The zero-order valence-electron chi connectivity index (χ0n) is 10.7. The standard InChI is InChI=1S/C14H10ClN3O3/c15-12-5-2-4-11(8-12)14(19)17-16-9-10-3-1-6-13(7-10)18(20)21/h1-9H,(H,17,19). The summed E-state index contributed by atoms with van der Waals surface area (Å²) in [6, 6.07) is 12.3. The summed E-state index contributed by atoms with van der Waals surface area (Å²) in [5.41, 5.74) is 3.17. The SMILES string of the molecule is O=C(NN=Cc1cccc([N+](=O)[O-])c1)c1cccc(Cl)c1. The highest BCUT2D eigenvalue weighted by molar-refractivity contribution is 6.30. The number of nitrogens with zero attached hydrogens (tertiary/aromatic N) is 2. The van der Waals surface area contributed by atoms with E-state index in [9.17, 15) is 14.9 Å². The minimum Gasteiger partial charge on any atom is -0.267 e. The van der Waals surface area contributed by atoms with E-state index in [1.807, 2.05) is 0 Å². The van der Waals surface area contributed by atoms with Gasteiger partial charge >= 0.3 is 0 Å². The van der Waals surface area contributed by atoms with Gasteiger partial charge in [-0.25, -0.2) is 5.43 Å². The van der Waals surface area contributed by atoms with Crippen molar-refractivity contribution in [3.8, 4) is 0 Å². The number of nitro benzene ring substituents is 1. The van der Waals surface area contributed by atoms with E-state index in [4.69, 9.17) is 11.6 Å². The Hall–Kier alpha value is -2.73. The highest BCUT2D eigenvalue weighted by Gasteiger charge is 2.05. The number of hydrazone groups is 1. The van der Waals surface area contributed by atoms with Crippen molar-refractivity contribution in [2.75, 3.05) is 0 Å². The lowest BCUT2D eigenvalue weighted by Gasteiger charge is -2.00. The monoisotopic (exact) mass is 303 g/mol. The van der Waals surface area contributed by atoms with Crippen LogP contribution < -0.4 is 5.43 Å². The largest absolute Gasteiger partial charge is 0.271 e. The molecule has 6 nitrogen and oxygen atoms in total. The average molecular weight is 304 g/mol. The third kappa shape index (κ3) is 4.12. The van der Waals surface area contributed by atoms with E-state index in [0.717, 1.165) is 0 Å². The molecule has 0 bridgehead atoms. The Morgan fingerprint density at radius 2 is 2.00 bits per heavy atom. The van der Waals surface area contributed by atoms with Gasteiger partial charge in [-0.1, -0.05) is 29.8 Å². The van der Waals surface area contributed by atoms with Gasteiger partial charge < -0.3 is 0 Å². The van der Waals surface area contributed by atoms with Crippen LogP contribution in [0.1, 0.15) is 15.9 Å². The van der Waals surface area contributed by atoms with Gasteiger partial charge in [-0.15, -0.1) is 0 Å². The van der Waals surface area contributed by atoms with Crippen LogP contribution in [-0.2, 0) is 0 Å². The lowest BCUT2D eigenvalue weighted by molar-refractivity contribution is -0.384. The molecule has 21 heavy (non-hydrogen) atoms. The Morgan fingerprint density at radius 3 is 2.71 bits per heavy atom. The number of hydrogen-bond acceptors (Lipinski definition) is 4. The summed E-state index contributed by atoms with van der Waals surface area (Å²) < 4.78 is 0. The minimum atomic E-state index is -0.498. The molecule has 0 saturated carbocycles. The van der Waals surface area contributed by atoms with E-state index in [0.29, 0.717) is 16.1 Å². The Kier molecular flexibility index (Phi) is 4.63. The zero-order chi connectivity index (χ0) is 15.2. The van der Waals surface area contributed by atoms with Crippen LogP contribution in [0.25, 0.3) is 0 Å². The van der Waals surface area contributed by atoms with Crippen LogP contribution in [-0.4, -0.2) is 17.0 Å². The Morgan fingerprint density at radius 1 is 1.24 bits per heavy atom. The predicted molar refractivity (Wildman–Crippen MR) is 79.6 cm³/mol. The molecule has 0 aliphatic heterocycles. The molecule has 2 rings (SSSR count). The van der Waals surface area contributed by atoms with Crippen LogP contribution in [0.2, 0.25) is 5.02 Å². The topological polar surface area (TPSA) is 84.6 Å². The second-order valence-corrected chi connectivity index (χ2v) is 4.50. The molecule has 0 radical (unpaired) electrons. The molecule has 2 aromatic rings. The maximum atomic E-state index is 11.8. The molecule has 7 heteroatoms. The molecule has 0 aromatic heterocycles. The molecule has 0 saturated heterocycles. The van der Waals surface area contributed by atoms with Crippen molar-refractivity contribution in [2.45, 2.75) is 0 Å². The molecule has 0 aliphatic rings. The number of benzene rings is 2. The van der Waals surface area contributed by atoms with Crippen molar-refractivity contribution >= 4 is 29.4 Å². The van der Waals surface area contributed by atoms with E-state index < -0.39 is 10.8 Å². The first-order chi connectivity index (χ1) is 10.1. The number of nitrogens with one attached hydrogen (secondary N) is 1. The number of rotatable bonds is 4. The highest BCUT2D eigenvalue weighted by Crippen LogP contribution is 2.12. The van der Waals surface area contributed by atoms with Gasteiger partial charge in [0.1, 0.15) is 0 Å². The van der Waals surface area contributed by atoms with Gasteiger partial charge in [-0.3, -0.25) is 14.9 Å². The van der Waals surface area contributed by atoms with Crippen molar-refractivity contribution in [3.63, 3.8) is 0 Å². The molecule has 1 amide bonds. The Balaban J connectivity index is 2.04. The van der Waals surface area contributed by atoms with Crippen molar-refractivity contribution in [3.05, 3.63) is 74.8 Å². The molecule has 0 aliphatic carbocycles. The summed E-state index contributed by atoms with van der Waals surface area (Å²) in [6.45, 7) is 0. The first kappa shape index (κ1) is 14.7. The minimum absolute atomic E-state index is 0.0416. The van der Waals surface area contributed by atoms with E-state index in [1.54, 1.807) is 24.3 Å². The first-order valence-corrected chi connectivity index (χ1v) is 6.27. The molecular weight excluding hydrogens is 294 g/mol. The number of hydrogen-bond donors (Lipinski definition) is 1. The van der Waals surface area contributed by atoms with Gasteiger partial charge in [-0.05, 0) is 18.2 Å². The molecule has 0 spiro atoms. The molecule has 0 unspecified atom stereocenters. The lowest BCUT2D eigenvalue weighted by atomic mass is 10.2. The van der Waals surface area contributed by atoms with E-state index in [1.165, 1.54) is 30.5 Å². The molecule has 0 fully saturated rings. The van der Waals surface area contributed by atoms with Gasteiger partial charge in [0, 0.05) is 28.3 Å². The maximum absolute atomic E-state index is 11.8. The molecule has 0 heterocycles. The summed E-state index contributed by atoms with van der Waals surface area (Å²) in [5, 5.41) is 14.8. The van der Waals surface area contributed by atoms with Gasteiger partial charge in [0.2, 0.25) is 0 Å². The highest BCUT2D eigenvalue weighted by atomic mass is 35.5. The van der Waals surface area contributed by atoms with E-state index in [2.05, 4.69) is 10.5 Å². The predicted octanol–water partition coefficient (Wildman–Crippen LogP) is 3.01. The molecular formula is C14H10ClN3O3. The summed E-state index contributed by atoms with van der Waals surface area (Å²) in [5.74, 6) is -0.417. The summed E-state index contributed by atoms with van der Waals surface area (Å²) in [4.78, 5) is 21.9. The van der Waals surface area contributed by atoms with Crippen molar-refractivity contribution in [1.29, 1.82) is 0 Å². The quantitative estimate of drug-likeness (QED) is 0.535. The van der Waals surface area contributed by atoms with Crippen LogP contribution in [0.5, 0.6) is 0 Å². The molecule has 106 valence electrons. The molecule has 2 aromatic carbocycles. The van der Waals surface area contributed by atoms with Crippen molar-refractivity contribution < 1.29 is 9.72 Å². The molecule has 1 N–H and O–H groups in total. The fourth-order valence-electron chi connectivity index (χ4n) is 1.58. The number of carbonyl (C=O) groups excluding carboxylic acids is 1. The van der Waals surface area contributed by atoms with Crippen molar-refractivity contribution in [1.82, 2.24) is 5.43 Å². The van der Waals surface area contributed by atoms with E-state index >= 15 is 0 Å². The van der Waals surface area contributed by atoms with Gasteiger partial charge in [0.05, 0.1) is 11.1 Å². The zero-order valence-corrected chi connectivity index (χ0v) is 11.4. The number of carbonyl (C=O) groups is 1. The second-order valence-electron chi connectivity index (χ2n) is 4.06. The Bertz CT molecular complexity index is 716. The Labute approximate surface area is 125 Å². The van der Waals surface area contributed by atoms with Gasteiger partial charge in [0.25, 0.3) is 11.6 Å². The van der Waals surface area contributed by atoms with Crippen LogP contribution in [0.15, 0.2) is 53.6 Å². The number of halogens is 1. The van der Waals surface area contributed by atoms with Crippen LogP contribution >= 0.6 is 11.6 Å². The summed E-state index contributed by atoms with van der Waals surface area (Å²) >= 11 is 5.78. The third-order valence-corrected chi connectivity index (χ3v) is 2.78. The average Bonchev–Trinajstić information content (AvgIpc) is 2.47. The fourth-order valence-corrected chi connectivity index (χ4v) is 1.77. The smallest absolute Gasteiger partial charge is 0.267 e. The summed E-state index contributed by atoms with van der Waals surface area (Å²) in [6.07, 6.45) is 1.33. The van der Waals surface area contributed by atoms with Crippen LogP contribution in [0.3, 0.4) is 0 Å². The van der Waals surface area contributed by atoms with Gasteiger partial charge in [-0.2, -0.15) is 5.10 Å². The number of nitro groups is 1. The number of non-ortho nitro benzene ring substituents is 1. The lowest BCUT2D eigenvalue weighted by Crippen LogP contribution is -2.17. The van der Waals surface area contributed by atoms with E-state index in [-0.39, 0.29) is 5.69 Å². The normalized spacial score (nSPS) is 10.5. The first-order valence-electron chi connectivity index (χ1n) is 5.90. The van der Waals surface area contributed by atoms with Gasteiger partial charge in [0.15, 0.2) is 0 Å².